The number of hydrogen-bond acceptors (Lipinski definition) is 6. The molecule has 0 spiro atoms. The molecule has 11 heteroatoms. The van der Waals surface area contributed by atoms with Crippen LogP contribution in [0.1, 0.15) is 92.9 Å². The van der Waals surface area contributed by atoms with Crippen molar-refractivity contribution in [3.8, 4) is 12.3 Å². The Kier molecular flexibility index (Phi) is 12.7. The molecule has 1 unspecified atom stereocenters. The number of nitrogens with zero attached hydrogens (tertiary/aromatic N) is 1. The van der Waals surface area contributed by atoms with Crippen molar-refractivity contribution in [1.29, 1.82) is 0 Å². The van der Waals surface area contributed by atoms with E-state index >= 15 is 0 Å². The van der Waals surface area contributed by atoms with E-state index < -0.39 is 52.7 Å². The number of fused-ring (bicyclic) bond motifs is 1. The van der Waals surface area contributed by atoms with E-state index in [9.17, 15) is 24.0 Å². The Morgan fingerprint density at radius 2 is 1.77 bits per heavy atom. The molecule has 1 heterocycles. The van der Waals surface area contributed by atoms with E-state index in [0.717, 1.165) is 32.1 Å². The van der Waals surface area contributed by atoms with Gasteiger partial charge in [0.2, 0.25) is 17.6 Å². The SMILES string of the molecule is C#CCCC(NC(=O)[C@@H]1[C@@H]2[C@H](CN1C(=O)[C@@H](NC(=O)N[C@@](C)(COC)CC(C)C)C1(C)CCCCC1)C2(C)C)C(=O)C(=O)NCC=C. The highest BCUT2D eigenvalue weighted by molar-refractivity contribution is 6.38. The molecule has 3 rings (SSSR count). The van der Waals surface area contributed by atoms with E-state index in [1.165, 1.54) is 6.08 Å². The zero-order valence-electron chi connectivity index (χ0n) is 29.5. The molecular formula is C36H57N5O6. The van der Waals surface area contributed by atoms with Gasteiger partial charge in [-0.2, -0.15) is 0 Å². The summed E-state index contributed by atoms with van der Waals surface area (Å²) >= 11 is 0. The van der Waals surface area contributed by atoms with Crippen LogP contribution in [0.4, 0.5) is 4.79 Å². The first-order chi connectivity index (χ1) is 22.0. The van der Waals surface area contributed by atoms with Crippen molar-refractivity contribution in [3.63, 3.8) is 0 Å². The van der Waals surface area contributed by atoms with Crippen LogP contribution in [0.2, 0.25) is 0 Å². The number of piperidine rings is 1. The molecule has 6 atom stereocenters. The molecule has 3 aliphatic rings. The average molecular weight is 656 g/mol. The Labute approximate surface area is 281 Å². The number of amides is 5. The van der Waals surface area contributed by atoms with E-state index in [1.807, 2.05) is 13.8 Å². The van der Waals surface area contributed by atoms with Crippen LogP contribution < -0.4 is 21.3 Å². The van der Waals surface area contributed by atoms with Gasteiger partial charge in [0.15, 0.2) is 0 Å². The number of methoxy groups -OCH3 is 1. The van der Waals surface area contributed by atoms with Gasteiger partial charge >= 0.3 is 6.03 Å². The lowest BCUT2D eigenvalue weighted by atomic mass is 9.70. The number of terminal acetylenes is 1. The first-order valence-electron chi connectivity index (χ1n) is 17.1. The maximum atomic E-state index is 14.7. The standard InChI is InChI=1S/C36H57N5O6/c1-10-12-16-25(28(42)31(44)37-19-11-2)38-30(43)27-26-24(34(26,5)6)21-41(27)32(45)29(35(7)17-14-13-15-18-35)39-33(46)40-36(8,22-47-9)20-23(3)4/h1,11,23-27,29H,2,12-22H2,3-9H3,(H,37,44)(H,38,43)(H2,39,40,46)/t24-,25?,26-,27-,29+,36+/m0/s1. The maximum Gasteiger partial charge on any atom is 0.315 e. The summed E-state index contributed by atoms with van der Waals surface area (Å²) in [5.74, 6) is 0.286. The van der Waals surface area contributed by atoms with Crippen molar-refractivity contribution in [2.75, 3.05) is 26.8 Å². The summed E-state index contributed by atoms with van der Waals surface area (Å²) < 4.78 is 5.44. The molecule has 0 radical (unpaired) electrons. The van der Waals surface area contributed by atoms with Gasteiger partial charge in [-0.15, -0.1) is 18.9 Å². The lowest BCUT2D eigenvalue weighted by Crippen LogP contribution is -2.64. The van der Waals surface area contributed by atoms with Gasteiger partial charge < -0.3 is 30.9 Å². The molecule has 4 N–H and O–H groups in total. The van der Waals surface area contributed by atoms with Gasteiger partial charge in [-0.05, 0) is 61.2 Å². The van der Waals surface area contributed by atoms with Gasteiger partial charge in [0.05, 0.1) is 18.2 Å². The number of Topliss-reactive ketones (excluding diaryl/α,β-unsaturated/α-hetero) is 1. The number of urea groups is 1. The molecule has 0 aromatic carbocycles. The van der Waals surface area contributed by atoms with Gasteiger partial charge in [-0.1, -0.05) is 60.0 Å². The number of carbonyl (C=O) groups is 5. The zero-order valence-corrected chi connectivity index (χ0v) is 29.5. The van der Waals surface area contributed by atoms with Gasteiger partial charge in [-0.3, -0.25) is 19.2 Å². The predicted octanol–water partition coefficient (Wildman–Crippen LogP) is 3.33. The Morgan fingerprint density at radius 1 is 1.11 bits per heavy atom. The molecule has 0 bridgehead atoms. The molecule has 47 heavy (non-hydrogen) atoms. The second-order valence-corrected chi connectivity index (χ2v) is 15.4. The lowest BCUT2D eigenvalue weighted by molar-refractivity contribution is -0.146. The summed E-state index contributed by atoms with van der Waals surface area (Å²) in [6.07, 6.45) is 12.3. The normalized spacial score (nSPS) is 24.8. The molecule has 2 saturated carbocycles. The van der Waals surface area contributed by atoms with E-state index in [2.05, 4.69) is 61.5 Å². The fraction of sp³-hybridized carbons (Fsp3) is 0.750. The Hall–Kier alpha value is -3.39. The number of hydrogen-bond donors (Lipinski definition) is 4. The third kappa shape index (κ3) is 8.95. The molecular weight excluding hydrogens is 598 g/mol. The molecule has 0 aromatic heterocycles. The second kappa shape index (κ2) is 15.7. The summed E-state index contributed by atoms with van der Waals surface area (Å²) in [6.45, 7) is 16.6. The summed E-state index contributed by atoms with van der Waals surface area (Å²) in [6, 6.07) is -3.32. The van der Waals surface area contributed by atoms with Crippen LogP contribution in [0, 0.1) is 40.9 Å². The van der Waals surface area contributed by atoms with Crippen molar-refractivity contribution in [1.82, 2.24) is 26.2 Å². The van der Waals surface area contributed by atoms with E-state index in [-0.39, 0.29) is 42.5 Å². The highest BCUT2D eigenvalue weighted by Crippen LogP contribution is 2.65. The average Bonchev–Trinajstić information content (AvgIpc) is 3.31. The molecule has 3 fully saturated rings. The highest BCUT2D eigenvalue weighted by Gasteiger charge is 2.70. The minimum Gasteiger partial charge on any atom is -0.382 e. The van der Waals surface area contributed by atoms with Gasteiger partial charge in [0, 0.05) is 26.6 Å². The van der Waals surface area contributed by atoms with E-state index in [4.69, 9.17) is 11.2 Å². The fourth-order valence-electron chi connectivity index (χ4n) is 8.13. The molecule has 1 aliphatic heterocycles. The van der Waals surface area contributed by atoms with Crippen LogP contribution in [-0.4, -0.2) is 84.9 Å². The Bertz CT molecular complexity index is 1230. The third-order valence-corrected chi connectivity index (χ3v) is 10.6. The Morgan fingerprint density at radius 3 is 2.34 bits per heavy atom. The maximum absolute atomic E-state index is 14.7. The Balaban J connectivity index is 1.91. The molecule has 2 aliphatic carbocycles. The van der Waals surface area contributed by atoms with Crippen molar-refractivity contribution in [3.05, 3.63) is 12.7 Å². The third-order valence-electron chi connectivity index (χ3n) is 10.6. The van der Waals surface area contributed by atoms with E-state index in [1.54, 1.807) is 12.0 Å². The van der Waals surface area contributed by atoms with Crippen LogP contribution in [-0.2, 0) is 23.9 Å². The van der Waals surface area contributed by atoms with Crippen molar-refractivity contribution in [2.45, 2.75) is 117 Å². The monoisotopic (exact) mass is 655 g/mol. The molecule has 0 aromatic rings. The van der Waals surface area contributed by atoms with Crippen molar-refractivity contribution >= 4 is 29.5 Å². The van der Waals surface area contributed by atoms with Crippen LogP contribution in [0.15, 0.2) is 12.7 Å². The fourth-order valence-corrected chi connectivity index (χ4v) is 8.13. The van der Waals surface area contributed by atoms with Crippen LogP contribution in [0.25, 0.3) is 0 Å². The summed E-state index contributed by atoms with van der Waals surface area (Å²) in [5.41, 5.74) is -1.35. The minimum absolute atomic E-state index is 0.0831. The van der Waals surface area contributed by atoms with E-state index in [0.29, 0.717) is 25.5 Å². The quantitative estimate of drug-likeness (QED) is 0.114. The number of rotatable bonds is 16. The van der Waals surface area contributed by atoms with Gasteiger partial charge in [-0.25, -0.2) is 4.79 Å². The number of ether oxygens (including phenoxy) is 1. The van der Waals surface area contributed by atoms with Gasteiger partial charge in [0.1, 0.15) is 12.1 Å². The molecule has 262 valence electrons. The summed E-state index contributed by atoms with van der Waals surface area (Å²) in [5, 5.41) is 11.4. The topological polar surface area (TPSA) is 146 Å². The second-order valence-electron chi connectivity index (χ2n) is 15.4. The lowest BCUT2D eigenvalue weighted by Gasteiger charge is -2.43. The van der Waals surface area contributed by atoms with Crippen molar-refractivity contribution in [2.24, 2.45) is 28.6 Å². The first-order valence-corrected chi connectivity index (χ1v) is 17.1. The van der Waals surface area contributed by atoms with Crippen molar-refractivity contribution < 1.29 is 28.7 Å². The zero-order chi connectivity index (χ0) is 35.2. The number of nitrogens with one attached hydrogen (secondary N) is 4. The molecule has 11 nitrogen and oxygen atoms in total. The summed E-state index contributed by atoms with van der Waals surface area (Å²) in [7, 11) is 1.59. The highest BCUT2D eigenvalue weighted by atomic mass is 16.5. The summed E-state index contributed by atoms with van der Waals surface area (Å²) in [4.78, 5) is 69.6. The predicted molar refractivity (Wildman–Crippen MR) is 181 cm³/mol. The van der Waals surface area contributed by atoms with Crippen LogP contribution in [0.5, 0.6) is 0 Å². The van der Waals surface area contributed by atoms with Gasteiger partial charge in [0.25, 0.3) is 5.91 Å². The van der Waals surface area contributed by atoms with Crippen LogP contribution in [0.3, 0.4) is 0 Å². The minimum atomic E-state index is -1.14. The molecule has 5 amide bonds. The molecule has 1 saturated heterocycles. The number of ketones is 1. The smallest absolute Gasteiger partial charge is 0.315 e. The number of likely N-dealkylation sites (tertiary alicyclic amines) is 1. The largest absolute Gasteiger partial charge is 0.382 e. The van der Waals surface area contributed by atoms with Crippen LogP contribution >= 0.6 is 0 Å². The number of carbonyl (C=O) groups excluding carboxylic acids is 5. The first kappa shape index (κ1) is 38.1.